The molecule has 1 aromatic carbocycles. The van der Waals surface area contributed by atoms with Gasteiger partial charge >= 0.3 is 0 Å². The Kier molecular flexibility index (Phi) is 4.71. The van der Waals surface area contributed by atoms with Gasteiger partial charge in [-0.3, -0.25) is 0 Å². The van der Waals surface area contributed by atoms with Crippen LogP contribution in [0.4, 0.5) is 5.69 Å². The average molecular weight is 310 g/mol. The van der Waals surface area contributed by atoms with Crippen LogP contribution in [-0.2, 0) is 6.42 Å². The van der Waals surface area contributed by atoms with Gasteiger partial charge in [0.2, 0.25) is 0 Å². The van der Waals surface area contributed by atoms with Crippen LogP contribution in [0, 0.1) is 11.8 Å². The van der Waals surface area contributed by atoms with E-state index in [9.17, 15) is 0 Å². The zero-order valence-electron chi connectivity index (χ0n) is 11.7. The SMILES string of the molecule is CCc1cc(Br)ccc1NC1CC(C)CC(C)C1. The molecule has 100 valence electrons. The lowest BCUT2D eigenvalue weighted by Crippen LogP contribution is -2.30. The average Bonchev–Trinajstić information content (AvgIpc) is 2.30. The summed E-state index contributed by atoms with van der Waals surface area (Å²) in [6.07, 6.45) is 5.09. The van der Waals surface area contributed by atoms with E-state index in [4.69, 9.17) is 0 Å². The summed E-state index contributed by atoms with van der Waals surface area (Å²) >= 11 is 3.55. The summed E-state index contributed by atoms with van der Waals surface area (Å²) in [6, 6.07) is 7.23. The molecule has 0 heterocycles. The van der Waals surface area contributed by atoms with Gasteiger partial charge in [0.05, 0.1) is 0 Å². The van der Waals surface area contributed by atoms with E-state index < -0.39 is 0 Å². The van der Waals surface area contributed by atoms with Crippen molar-refractivity contribution in [3.63, 3.8) is 0 Å². The molecule has 0 spiro atoms. The Labute approximate surface area is 119 Å². The minimum Gasteiger partial charge on any atom is -0.382 e. The molecule has 1 saturated carbocycles. The minimum atomic E-state index is 0.648. The van der Waals surface area contributed by atoms with Crippen molar-refractivity contribution in [2.24, 2.45) is 11.8 Å². The summed E-state index contributed by atoms with van der Waals surface area (Å²) < 4.78 is 1.18. The van der Waals surface area contributed by atoms with Crippen LogP contribution in [0.25, 0.3) is 0 Å². The summed E-state index contributed by atoms with van der Waals surface area (Å²) in [5.74, 6) is 1.71. The molecule has 2 heteroatoms. The van der Waals surface area contributed by atoms with E-state index in [0.29, 0.717) is 6.04 Å². The van der Waals surface area contributed by atoms with E-state index in [1.807, 2.05) is 0 Å². The minimum absolute atomic E-state index is 0.648. The first-order valence-electron chi connectivity index (χ1n) is 7.13. The van der Waals surface area contributed by atoms with Crippen molar-refractivity contribution in [1.82, 2.24) is 0 Å². The zero-order chi connectivity index (χ0) is 13.1. The molecule has 2 rings (SSSR count). The van der Waals surface area contributed by atoms with Crippen molar-refractivity contribution >= 4 is 21.6 Å². The van der Waals surface area contributed by atoms with Gasteiger partial charge in [-0.25, -0.2) is 0 Å². The molecule has 2 atom stereocenters. The smallest absolute Gasteiger partial charge is 0.0375 e. The second-order valence-corrected chi connectivity index (χ2v) is 6.83. The fourth-order valence-corrected chi connectivity index (χ4v) is 3.69. The van der Waals surface area contributed by atoms with Crippen molar-refractivity contribution in [2.75, 3.05) is 5.32 Å². The molecule has 0 saturated heterocycles. The van der Waals surface area contributed by atoms with Crippen LogP contribution >= 0.6 is 15.9 Å². The van der Waals surface area contributed by atoms with Crippen LogP contribution in [0.1, 0.15) is 45.6 Å². The first kappa shape index (κ1) is 13.9. The number of halogens is 1. The quantitative estimate of drug-likeness (QED) is 0.804. The van der Waals surface area contributed by atoms with Gasteiger partial charge in [-0.05, 0) is 61.3 Å². The maximum atomic E-state index is 3.77. The number of nitrogens with one attached hydrogen (secondary N) is 1. The molecule has 2 unspecified atom stereocenters. The van der Waals surface area contributed by atoms with Crippen LogP contribution in [0.5, 0.6) is 0 Å². The van der Waals surface area contributed by atoms with Gasteiger partial charge in [0.25, 0.3) is 0 Å². The topological polar surface area (TPSA) is 12.0 Å². The number of anilines is 1. The highest BCUT2D eigenvalue weighted by atomic mass is 79.9. The predicted octanol–water partition coefficient (Wildman–Crippen LogP) is 5.25. The Hall–Kier alpha value is -0.500. The number of rotatable bonds is 3. The van der Waals surface area contributed by atoms with Gasteiger partial charge in [-0.15, -0.1) is 0 Å². The fraction of sp³-hybridized carbons (Fsp3) is 0.625. The monoisotopic (exact) mass is 309 g/mol. The molecule has 1 aliphatic rings. The molecule has 1 aromatic rings. The van der Waals surface area contributed by atoms with Crippen molar-refractivity contribution in [2.45, 2.75) is 52.5 Å². The second kappa shape index (κ2) is 6.10. The zero-order valence-corrected chi connectivity index (χ0v) is 13.3. The normalized spacial score (nSPS) is 28.1. The third-order valence-corrected chi connectivity index (χ3v) is 4.48. The lowest BCUT2D eigenvalue weighted by Gasteiger charge is -2.33. The van der Waals surface area contributed by atoms with Gasteiger partial charge in [0.1, 0.15) is 0 Å². The molecule has 1 aliphatic carbocycles. The molecule has 0 bridgehead atoms. The van der Waals surface area contributed by atoms with E-state index in [1.165, 1.54) is 35.0 Å². The first-order chi connectivity index (χ1) is 8.58. The number of hydrogen-bond acceptors (Lipinski definition) is 1. The Balaban J connectivity index is 2.08. The molecular formula is C16H24BrN. The van der Waals surface area contributed by atoms with Gasteiger partial charge in [0.15, 0.2) is 0 Å². The Morgan fingerprint density at radius 2 is 1.83 bits per heavy atom. The van der Waals surface area contributed by atoms with E-state index in [2.05, 4.69) is 60.2 Å². The largest absolute Gasteiger partial charge is 0.382 e. The van der Waals surface area contributed by atoms with E-state index in [-0.39, 0.29) is 0 Å². The Morgan fingerprint density at radius 1 is 1.17 bits per heavy atom. The summed E-state index contributed by atoms with van der Waals surface area (Å²) in [7, 11) is 0. The number of aryl methyl sites for hydroxylation is 1. The van der Waals surface area contributed by atoms with Gasteiger partial charge in [0, 0.05) is 16.2 Å². The highest BCUT2D eigenvalue weighted by Crippen LogP contribution is 2.31. The molecule has 0 aromatic heterocycles. The molecule has 1 N–H and O–H groups in total. The van der Waals surface area contributed by atoms with Crippen molar-refractivity contribution in [3.05, 3.63) is 28.2 Å². The molecule has 1 fully saturated rings. The second-order valence-electron chi connectivity index (χ2n) is 5.91. The molecule has 18 heavy (non-hydrogen) atoms. The highest BCUT2D eigenvalue weighted by Gasteiger charge is 2.24. The summed E-state index contributed by atoms with van der Waals surface area (Å²) in [4.78, 5) is 0. The third-order valence-electron chi connectivity index (χ3n) is 3.99. The first-order valence-corrected chi connectivity index (χ1v) is 7.92. The van der Waals surface area contributed by atoms with Crippen molar-refractivity contribution < 1.29 is 0 Å². The van der Waals surface area contributed by atoms with Crippen LogP contribution < -0.4 is 5.32 Å². The molecule has 0 aliphatic heterocycles. The lowest BCUT2D eigenvalue weighted by atomic mass is 9.80. The summed E-state index contributed by atoms with van der Waals surface area (Å²) in [5.41, 5.74) is 2.74. The maximum Gasteiger partial charge on any atom is 0.0375 e. The predicted molar refractivity (Wildman–Crippen MR) is 83.1 cm³/mol. The molecular weight excluding hydrogens is 286 g/mol. The third kappa shape index (κ3) is 3.50. The Morgan fingerprint density at radius 3 is 2.44 bits per heavy atom. The van der Waals surface area contributed by atoms with E-state index in [0.717, 1.165) is 18.3 Å². The van der Waals surface area contributed by atoms with E-state index >= 15 is 0 Å². The Bertz CT molecular complexity index is 392. The van der Waals surface area contributed by atoms with Crippen LogP contribution in [-0.4, -0.2) is 6.04 Å². The molecule has 0 amide bonds. The fourth-order valence-electron chi connectivity index (χ4n) is 3.28. The van der Waals surface area contributed by atoms with Crippen molar-refractivity contribution in [3.8, 4) is 0 Å². The van der Waals surface area contributed by atoms with Crippen LogP contribution in [0.15, 0.2) is 22.7 Å². The highest BCUT2D eigenvalue weighted by molar-refractivity contribution is 9.10. The molecule has 0 radical (unpaired) electrons. The van der Waals surface area contributed by atoms with E-state index in [1.54, 1.807) is 0 Å². The van der Waals surface area contributed by atoms with Gasteiger partial charge in [-0.2, -0.15) is 0 Å². The van der Waals surface area contributed by atoms with Gasteiger partial charge in [-0.1, -0.05) is 36.7 Å². The number of benzene rings is 1. The standard InChI is InChI=1S/C16H24BrN/c1-4-13-10-14(17)5-6-16(13)18-15-8-11(2)7-12(3)9-15/h5-6,10-12,15,18H,4,7-9H2,1-3H3. The maximum absolute atomic E-state index is 3.77. The van der Waals surface area contributed by atoms with Crippen molar-refractivity contribution in [1.29, 1.82) is 0 Å². The van der Waals surface area contributed by atoms with Crippen LogP contribution in [0.2, 0.25) is 0 Å². The lowest BCUT2D eigenvalue weighted by molar-refractivity contribution is 0.281. The summed E-state index contributed by atoms with van der Waals surface area (Å²) in [5, 5.41) is 3.77. The van der Waals surface area contributed by atoms with Crippen LogP contribution in [0.3, 0.4) is 0 Å². The molecule has 1 nitrogen and oxygen atoms in total. The summed E-state index contributed by atoms with van der Waals surface area (Å²) in [6.45, 7) is 6.98. The van der Waals surface area contributed by atoms with Gasteiger partial charge < -0.3 is 5.32 Å². The number of hydrogen-bond donors (Lipinski definition) is 1.